The fourth-order valence-electron chi connectivity index (χ4n) is 3.20. The molecule has 1 aromatic heterocycles. The fraction of sp³-hybridized carbons (Fsp3) is 0.455. The van der Waals surface area contributed by atoms with Gasteiger partial charge in [-0.05, 0) is 50.6 Å². The van der Waals surface area contributed by atoms with Crippen LogP contribution < -0.4 is 5.32 Å². The number of halogens is 4. The summed E-state index contributed by atoms with van der Waals surface area (Å²) in [6.45, 7) is 5.81. The Morgan fingerprint density at radius 2 is 1.81 bits per heavy atom. The molecule has 1 aromatic carbocycles. The summed E-state index contributed by atoms with van der Waals surface area (Å²) < 4.78 is 62.8. The molecule has 10 heteroatoms. The van der Waals surface area contributed by atoms with Gasteiger partial charge in [0.1, 0.15) is 17.2 Å². The molecule has 1 fully saturated rings. The highest BCUT2D eigenvalue weighted by Crippen LogP contribution is 2.29. The third kappa shape index (κ3) is 6.56. The van der Waals surface area contributed by atoms with Crippen molar-refractivity contribution in [3.63, 3.8) is 0 Å². The van der Waals surface area contributed by atoms with Gasteiger partial charge in [0.15, 0.2) is 0 Å². The van der Waals surface area contributed by atoms with Crippen LogP contribution in [-0.4, -0.2) is 46.8 Å². The van der Waals surface area contributed by atoms with Gasteiger partial charge in [0.25, 0.3) is 0 Å². The first-order valence-corrected chi connectivity index (χ1v) is 10.0. The molecular formula is C22H25F4N3O3. The molecule has 174 valence electrons. The van der Waals surface area contributed by atoms with E-state index >= 15 is 0 Å². The van der Waals surface area contributed by atoms with E-state index in [9.17, 15) is 22.4 Å². The highest BCUT2D eigenvalue weighted by atomic mass is 19.4. The van der Waals surface area contributed by atoms with E-state index in [1.165, 1.54) is 29.2 Å². The van der Waals surface area contributed by atoms with Gasteiger partial charge in [-0.25, -0.2) is 14.2 Å². The number of aromatic nitrogens is 1. The van der Waals surface area contributed by atoms with Gasteiger partial charge in [0.05, 0.1) is 37.1 Å². The highest BCUT2D eigenvalue weighted by Gasteiger charge is 2.38. The number of rotatable bonds is 5. The summed E-state index contributed by atoms with van der Waals surface area (Å²) >= 11 is 0. The average Bonchev–Trinajstić information content (AvgIpc) is 3.09. The molecular weight excluding hydrogens is 430 g/mol. The van der Waals surface area contributed by atoms with Gasteiger partial charge in [-0.2, -0.15) is 13.2 Å². The summed E-state index contributed by atoms with van der Waals surface area (Å²) in [7, 11) is 0. The van der Waals surface area contributed by atoms with Crippen molar-refractivity contribution in [3.8, 4) is 0 Å². The first-order chi connectivity index (χ1) is 14.9. The molecule has 2 heterocycles. The predicted octanol–water partition coefficient (Wildman–Crippen LogP) is 4.86. The van der Waals surface area contributed by atoms with Crippen LogP contribution in [-0.2, 0) is 22.3 Å². The topological polar surface area (TPSA) is 63.7 Å². The monoisotopic (exact) mass is 455 g/mol. The van der Waals surface area contributed by atoms with Gasteiger partial charge in [-0.1, -0.05) is 12.1 Å². The van der Waals surface area contributed by atoms with Crippen molar-refractivity contribution in [1.29, 1.82) is 0 Å². The first kappa shape index (κ1) is 23.8. The lowest BCUT2D eigenvalue weighted by Gasteiger charge is -2.24. The van der Waals surface area contributed by atoms with Crippen molar-refractivity contribution in [2.75, 3.05) is 18.4 Å². The van der Waals surface area contributed by atoms with Crippen LogP contribution in [0.2, 0.25) is 0 Å². The number of pyridine rings is 1. The molecule has 0 bridgehead atoms. The lowest BCUT2D eigenvalue weighted by molar-refractivity contribution is -0.137. The number of likely N-dealkylation sites (tertiary alicyclic amines) is 1. The number of nitrogens with zero attached hydrogens (tertiary/aromatic N) is 2. The minimum absolute atomic E-state index is 0.0555. The molecule has 0 spiro atoms. The van der Waals surface area contributed by atoms with Crippen molar-refractivity contribution in [3.05, 3.63) is 59.5 Å². The summed E-state index contributed by atoms with van der Waals surface area (Å²) in [6, 6.07) is 7.05. The zero-order valence-corrected chi connectivity index (χ0v) is 17.9. The van der Waals surface area contributed by atoms with E-state index in [0.29, 0.717) is 11.4 Å². The minimum Gasteiger partial charge on any atom is -0.444 e. The molecule has 3 rings (SSSR count). The third-order valence-corrected chi connectivity index (χ3v) is 4.72. The van der Waals surface area contributed by atoms with Gasteiger partial charge < -0.3 is 19.7 Å². The van der Waals surface area contributed by atoms with Gasteiger partial charge in [0.2, 0.25) is 0 Å². The van der Waals surface area contributed by atoms with E-state index in [-0.39, 0.29) is 25.7 Å². The quantitative estimate of drug-likeness (QED) is 0.653. The number of anilines is 1. The van der Waals surface area contributed by atoms with Gasteiger partial charge >= 0.3 is 12.3 Å². The normalized spacial score (nSPS) is 19.2. The maximum atomic E-state index is 13.2. The smallest absolute Gasteiger partial charge is 0.416 e. The number of alkyl halides is 3. The fourth-order valence-corrected chi connectivity index (χ4v) is 3.20. The first-order valence-electron chi connectivity index (χ1n) is 10.0. The van der Waals surface area contributed by atoms with Crippen LogP contribution in [0.4, 0.5) is 28.2 Å². The molecule has 1 N–H and O–H groups in total. The number of hydrogen-bond acceptors (Lipinski definition) is 5. The van der Waals surface area contributed by atoms with Crippen LogP contribution in [0.1, 0.15) is 31.9 Å². The van der Waals surface area contributed by atoms with Crippen LogP contribution in [0, 0.1) is 5.82 Å². The summed E-state index contributed by atoms with van der Waals surface area (Å²) in [4.78, 5) is 18.0. The third-order valence-electron chi connectivity index (χ3n) is 4.72. The second kappa shape index (κ2) is 9.32. The summed E-state index contributed by atoms with van der Waals surface area (Å²) in [6.07, 6.45) is -4.33. The number of nitrogens with one attached hydrogen (secondary N) is 1. The molecule has 1 amide bonds. The van der Waals surface area contributed by atoms with Gasteiger partial charge in [0, 0.05) is 6.54 Å². The summed E-state index contributed by atoms with van der Waals surface area (Å²) in [5, 5.41) is 3.13. The Balaban J connectivity index is 1.69. The van der Waals surface area contributed by atoms with Gasteiger partial charge in [-0.3, -0.25) is 0 Å². The molecule has 2 unspecified atom stereocenters. The number of ether oxygens (including phenoxy) is 2. The van der Waals surface area contributed by atoms with E-state index in [1.807, 2.05) is 0 Å². The number of hydrogen-bond donors (Lipinski definition) is 1. The molecule has 0 saturated carbocycles. The highest BCUT2D eigenvalue weighted by molar-refractivity contribution is 5.69. The van der Waals surface area contributed by atoms with E-state index < -0.39 is 35.4 Å². The van der Waals surface area contributed by atoms with Gasteiger partial charge in [-0.15, -0.1) is 0 Å². The molecule has 1 saturated heterocycles. The summed E-state index contributed by atoms with van der Waals surface area (Å²) in [5.41, 5.74) is -0.843. The van der Waals surface area contributed by atoms with Crippen LogP contribution in [0.15, 0.2) is 42.6 Å². The second-order valence-corrected chi connectivity index (χ2v) is 8.54. The maximum absolute atomic E-state index is 13.2. The number of carbonyl (C=O) groups excluding carboxylic acids is 1. The van der Waals surface area contributed by atoms with E-state index in [1.54, 1.807) is 20.8 Å². The Kier molecular flexibility index (Phi) is 6.92. The molecule has 6 nitrogen and oxygen atoms in total. The van der Waals surface area contributed by atoms with Crippen LogP contribution in [0.5, 0.6) is 0 Å². The lowest BCUT2D eigenvalue weighted by Crippen LogP contribution is -2.36. The molecule has 2 aromatic rings. The van der Waals surface area contributed by atoms with Crippen molar-refractivity contribution in [1.82, 2.24) is 9.88 Å². The van der Waals surface area contributed by atoms with E-state index in [0.717, 1.165) is 18.3 Å². The molecule has 1 aliphatic rings. The SMILES string of the molecule is CC(C)(C)OC(=O)N1CC(Nc2ccc(F)cn2)C(OCc2ccc(C(F)(F)F)cc2)C1. The van der Waals surface area contributed by atoms with Crippen molar-refractivity contribution in [2.45, 2.75) is 51.3 Å². The molecule has 0 radical (unpaired) electrons. The standard InChI is InChI=1S/C22H25F4N3O3/c1-21(2,3)32-20(30)29-11-17(28-19-9-8-16(23)10-27-19)18(12-29)31-13-14-4-6-15(7-5-14)22(24,25)26/h4-10,17-18H,11-13H2,1-3H3,(H,27,28). The molecule has 2 atom stereocenters. The van der Waals surface area contributed by atoms with Crippen molar-refractivity contribution >= 4 is 11.9 Å². The molecule has 32 heavy (non-hydrogen) atoms. The number of carbonyl (C=O) groups is 1. The minimum atomic E-state index is -4.41. The van der Waals surface area contributed by atoms with E-state index in [2.05, 4.69) is 10.3 Å². The Labute approximate surface area is 183 Å². The van der Waals surface area contributed by atoms with Crippen LogP contribution >= 0.6 is 0 Å². The Morgan fingerprint density at radius 3 is 2.38 bits per heavy atom. The summed E-state index contributed by atoms with van der Waals surface area (Å²) in [5.74, 6) is -0.0713. The number of benzene rings is 1. The van der Waals surface area contributed by atoms with Crippen molar-refractivity contribution in [2.24, 2.45) is 0 Å². The lowest BCUT2D eigenvalue weighted by atomic mass is 10.1. The Morgan fingerprint density at radius 1 is 1.12 bits per heavy atom. The second-order valence-electron chi connectivity index (χ2n) is 8.54. The predicted molar refractivity (Wildman–Crippen MR) is 109 cm³/mol. The zero-order valence-electron chi connectivity index (χ0n) is 17.9. The maximum Gasteiger partial charge on any atom is 0.416 e. The Bertz CT molecular complexity index is 912. The Hall–Kier alpha value is -2.88. The van der Waals surface area contributed by atoms with E-state index in [4.69, 9.17) is 9.47 Å². The molecule has 0 aliphatic carbocycles. The zero-order chi connectivity index (χ0) is 23.5. The molecule has 1 aliphatic heterocycles. The number of amides is 1. The van der Waals surface area contributed by atoms with Crippen molar-refractivity contribution < 1.29 is 31.8 Å². The largest absolute Gasteiger partial charge is 0.444 e. The average molecular weight is 455 g/mol. The van der Waals surface area contributed by atoms with Crippen LogP contribution in [0.3, 0.4) is 0 Å². The van der Waals surface area contributed by atoms with Crippen LogP contribution in [0.25, 0.3) is 0 Å².